The highest BCUT2D eigenvalue weighted by Crippen LogP contribution is 2.15. The summed E-state index contributed by atoms with van der Waals surface area (Å²) in [7, 11) is 0. The van der Waals surface area contributed by atoms with Gasteiger partial charge in [-0.25, -0.2) is 0 Å². The lowest BCUT2D eigenvalue weighted by atomic mass is 10.4. The van der Waals surface area contributed by atoms with Gasteiger partial charge in [-0.1, -0.05) is 0 Å². The summed E-state index contributed by atoms with van der Waals surface area (Å²) < 4.78 is 14.0. The molecule has 98 valence electrons. The number of thiophene rings is 1. The Morgan fingerprint density at radius 3 is 2.89 bits per heavy atom. The number of aliphatic carboxylic acids is 1. The molecule has 0 saturated carbocycles. The van der Waals surface area contributed by atoms with Crippen LogP contribution in [-0.4, -0.2) is 20.9 Å². The SMILES string of the molecule is Cl.O=C(O)Cn1ccc(NCc2ccc(F)s2)n1. The molecule has 0 aliphatic carbocycles. The van der Waals surface area contributed by atoms with Crippen molar-refractivity contribution < 1.29 is 14.3 Å². The molecule has 2 aromatic heterocycles. The fourth-order valence-electron chi connectivity index (χ4n) is 1.31. The Morgan fingerprint density at radius 1 is 1.50 bits per heavy atom. The number of aromatic nitrogens is 2. The van der Waals surface area contributed by atoms with Gasteiger partial charge in [-0.3, -0.25) is 9.48 Å². The van der Waals surface area contributed by atoms with E-state index in [2.05, 4.69) is 10.4 Å². The maximum Gasteiger partial charge on any atom is 0.325 e. The first-order chi connectivity index (χ1) is 8.13. The normalized spacial score (nSPS) is 9.83. The maximum atomic E-state index is 12.7. The number of carboxylic acids is 1. The highest BCUT2D eigenvalue weighted by atomic mass is 35.5. The number of hydrogen-bond acceptors (Lipinski definition) is 4. The molecule has 0 radical (unpaired) electrons. The molecule has 0 fully saturated rings. The molecule has 0 atom stereocenters. The molecule has 0 saturated heterocycles. The average molecular weight is 292 g/mol. The Hall–Kier alpha value is -1.60. The summed E-state index contributed by atoms with van der Waals surface area (Å²) in [6.45, 7) is 0.300. The van der Waals surface area contributed by atoms with Crippen LogP contribution in [0.3, 0.4) is 0 Å². The summed E-state index contributed by atoms with van der Waals surface area (Å²) in [5.41, 5.74) is 0. The monoisotopic (exact) mass is 291 g/mol. The lowest BCUT2D eigenvalue weighted by Crippen LogP contribution is -2.09. The van der Waals surface area contributed by atoms with Crippen LogP contribution >= 0.6 is 23.7 Å². The van der Waals surface area contributed by atoms with Crippen molar-refractivity contribution in [2.45, 2.75) is 13.1 Å². The predicted molar refractivity (Wildman–Crippen MR) is 68.7 cm³/mol. The molecule has 0 aliphatic rings. The number of rotatable bonds is 5. The van der Waals surface area contributed by atoms with Gasteiger partial charge in [0.05, 0.1) is 6.54 Å². The van der Waals surface area contributed by atoms with Crippen LogP contribution in [0.2, 0.25) is 0 Å². The van der Waals surface area contributed by atoms with Crippen LogP contribution in [0.4, 0.5) is 10.2 Å². The largest absolute Gasteiger partial charge is 0.480 e. The molecule has 5 nitrogen and oxygen atoms in total. The molecular formula is C10H11ClFN3O2S. The molecule has 0 amide bonds. The predicted octanol–water partition coefficient (Wildman–Crippen LogP) is 2.20. The third-order valence-corrected chi connectivity index (χ3v) is 2.88. The summed E-state index contributed by atoms with van der Waals surface area (Å²) >= 11 is 1.07. The Morgan fingerprint density at radius 2 is 2.28 bits per heavy atom. The molecule has 0 bridgehead atoms. The van der Waals surface area contributed by atoms with Gasteiger partial charge < -0.3 is 10.4 Å². The molecule has 2 N–H and O–H groups in total. The van der Waals surface area contributed by atoms with Crippen molar-refractivity contribution >= 4 is 35.5 Å². The van der Waals surface area contributed by atoms with Crippen molar-refractivity contribution in [2.24, 2.45) is 0 Å². The fourth-order valence-corrected chi connectivity index (χ4v) is 1.97. The highest BCUT2D eigenvalue weighted by molar-refractivity contribution is 7.10. The third kappa shape index (κ3) is 4.01. The van der Waals surface area contributed by atoms with Gasteiger partial charge in [0.2, 0.25) is 0 Å². The molecule has 0 spiro atoms. The molecule has 18 heavy (non-hydrogen) atoms. The molecular weight excluding hydrogens is 281 g/mol. The molecule has 0 aliphatic heterocycles. The second-order valence-electron chi connectivity index (χ2n) is 3.35. The van der Waals surface area contributed by atoms with Gasteiger partial charge in [-0.15, -0.1) is 23.7 Å². The minimum absolute atomic E-state index is 0. The van der Waals surface area contributed by atoms with Crippen LogP contribution in [0.1, 0.15) is 4.88 Å². The zero-order valence-electron chi connectivity index (χ0n) is 9.17. The van der Waals surface area contributed by atoms with E-state index in [4.69, 9.17) is 5.11 Å². The van der Waals surface area contributed by atoms with Crippen molar-refractivity contribution in [3.63, 3.8) is 0 Å². The van der Waals surface area contributed by atoms with E-state index >= 15 is 0 Å². The van der Waals surface area contributed by atoms with Gasteiger partial charge in [-0.2, -0.15) is 9.49 Å². The summed E-state index contributed by atoms with van der Waals surface area (Å²) in [6.07, 6.45) is 1.57. The lowest BCUT2D eigenvalue weighted by molar-refractivity contribution is -0.137. The van der Waals surface area contributed by atoms with Gasteiger partial charge in [0, 0.05) is 17.1 Å². The van der Waals surface area contributed by atoms with E-state index in [1.165, 1.54) is 10.7 Å². The van der Waals surface area contributed by atoms with Crippen molar-refractivity contribution in [1.82, 2.24) is 9.78 Å². The van der Waals surface area contributed by atoms with Crippen LogP contribution in [0.25, 0.3) is 0 Å². The van der Waals surface area contributed by atoms with E-state index < -0.39 is 5.97 Å². The summed E-state index contributed by atoms with van der Waals surface area (Å²) in [6, 6.07) is 4.78. The molecule has 2 rings (SSSR count). The number of carbonyl (C=O) groups is 1. The number of nitrogens with zero attached hydrogens (tertiary/aromatic N) is 2. The molecule has 2 aromatic rings. The minimum Gasteiger partial charge on any atom is -0.480 e. The molecule has 8 heteroatoms. The van der Waals surface area contributed by atoms with E-state index in [1.807, 2.05) is 0 Å². The van der Waals surface area contributed by atoms with Crippen molar-refractivity contribution in [3.05, 3.63) is 34.4 Å². The second-order valence-corrected chi connectivity index (χ2v) is 4.47. The minimum atomic E-state index is -0.944. The Labute approximate surface area is 113 Å². The second kappa shape index (κ2) is 6.36. The number of halogens is 2. The van der Waals surface area contributed by atoms with Gasteiger partial charge in [0.25, 0.3) is 0 Å². The topological polar surface area (TPSA) is 67.2 Å². The van der Waals surface area contributed by atoms with Gasteiger partial charge in [0.15, 0.2) is 5.13 Å². The highest BCUT2D eigenvalue weighted by Gasteiger charge is 2.03. The summed E-state index contributed by atoms with van der Waals surface area (Å²) in [4.78, 5) is 11.3. The third-order valence-electron chi connectivity index (χ3n) is 2.01. The van der Waals surface area contributed by atoms with Crippen molar-refractivity contribution in [3.8, 4) is 0 Å². The van der Waals surface area contributed by atoms with Crippen LogP contribution in [0, 0.1) is 5.13 Å². The zero-order chi connectivity index (χ0) is 12.3. The first kappa shape index (κ1) is 14.5. The summed E-state index contributed by atoms with van der Waals surface area (Å²) in [5.74, 6) is -0.375. The molecule has 0 unspecified atom stereocenters. The average Bonchev–Trinajstić information content (AvgIpc) is 2.84. The maximum absolute atomic E-state index is 12.7. The smallest absolute Gasteiger partial charge is 0.325 e. The van der Waals surface area contributed by atoms with E-state index in [9.17, 15) is 9.18 Å². The number of carboxylic acid groups (broad SMARTS) is 1. The van der Waals surface area contributed by atoms with E-state index in [0.29, 0.717) is 12.4 Å². The number of anilines is 1. The molecule has 2 heterocycles. The quantitative estimate of drug-likeness (QED) is 0.886. The van der Waals surface area contributed by atoms with E-state index in [0.717, 1.165) is 16.2 Å². The fraction of sp³-hybridized carbons (Fsp3) is 0.200. The zero-order valence-corrected chi connectivity index (χ0v) is 10.8. The van der Waals surface area contributed by atoms with E-state index in [1.54, 1.807) is 18.3 Å². The van der Waals surface area contributed by atoms with Gasteiger partial charge >= 0.3 is 5.97 Å². The summed E-state index contributed by atoms with van der Waals surface area (Å²) in [5, 5.41) is 15.3. The standard InChI is InChI=1S/C10H10FN3O2S.ClH/c11-8-2-1-7(17-8)5-12-9-3-4-14(13-9)6-10(15)16;/h1-4H,5-6H2,(H,12,13)(H,15,16);1H. The van der Waals surface area contributed by atoms with Crippen LogP contribution in [-0.2, 0) is 17.9 Å². The van der Waals surface area contributed by atoms with Crippen molar-refractivity contribution in [2.75, 3.05) is 5.32 Å². The van der Waals surface area contributed by atoms with Crippen molar-refractivity contribution in [1.29, 1.82) is 0 Å². The van der Waals surface area contributed by atoms with Gasteiger partial charge in [0.1, 0.15) is 12.4 Å². The first-order valence-electron chi connectivity index (χ1n) is 4.87. The van der Waals surface area contributed by atoms with Crippen LogP contribution < -0.4 is 5.32 Å². The van der Waals surface area contributed by atoms with Crippen LogP contribution in [0.15, 0.2) is 24.4 Å². The lowest BCUT2D eigenvalue weighted by Gasteiger charge is -1.99. The van der Waals surface area contributed by atoms with E-state index in [-0.39, 0.29) is 24.1 Å². The molecule has 0 aromatic carbocycles. The van der Waals surface area contributed by atoms with Gasteiger partial charge in [-0.05, 0) is 12.1 Å². The number of nitrogens with one attached hydrogen (secondary N) is 1. The van der Waals surface area contributed by atoms with Crippen LogP contribution in [0.5, 0.6) is 0 Å². The Balaban J connectivity index is 0.00000162. The first-order valence-corrected chi connectivity index (χ1v) is 5.68. The Kier molecular flexibility index (Phi) is 5.11. The Bertz CT molecular complexity index is 529. The number of hydrogen-bond donors (Lipinski definition) is 2.